The van der Waals surface area contributed by atoms with Crippen LogP contribution in [0, 0.1) is 27.3 Å². The number of nitrogens with zero attached hydrogens (tertiary/aromatic N) is 7. The number of anilines is 2. The second kappa shape index (κ2) is 22.8. The van der Waals surface area contributed by atoms with Crippen LogP contribution in [0.2, 0.25) is 0 Å². The quantitative estimate of drug-likeness (QED) is 0.0436. The number of nitro groups is 1. The number of piperazine rings is 1. The molecule has 1 spiro atoms. The van der Waals surface area contributed by atoms with Gasteiger partial charge in [0.05, 0.1) is 47.1 Å². The topological polar surface area (TPSA) is 231 Å². The lowest BCUT2D eigenvalue weighted by atomic mass is 9.59. The number of sulfonamides is 1. The van der Waals surface area contributed by atoms with Crippen LogP contribution in [0.15, 0.2) is 84.0 Å². The van der Waals surface area contributed by atoms with Gasteiger partial charge in [-0.15, -0.1) is 0 Å². The van der Waals surface area contributed by atoms with E-state index in [1.807, 2.05) is 0 Å². The summed E-state index contributed by atoms with van der Waals surface area (Å²) in [6.07, 6.45) is 11.2. The molecule has 3 saturated carbocycles. The Bertz CT molecular complexity index is 3420. The summed E-state index contributed by atoms with van der Waals surface area (Å²) in [6.45, 7) is 13.6. The maximum atomic E-state index is 15.0. The number of H-pyrrole nitrogens is 1. The van der Waals surface area contributed by atoms with Crippen molar-refractivity contribution in [1.82, 2.24) is 34.5 Å². The Hall–Kier alpha value is -6.94. The molecule has 430 valence electrons. The molecule has 11 rings (SSSR count). The van der Waals surface area contributed by atoms with E-state index >= 15 is 4.39 Å². The molecular weight excluding hydrogens is 1060 g/mol. The highest BCUT2D eigenvalue weighted by Crippen LogP contribution is 2.54. The van der Waals surface area contributed by atoms with E-state index in [4.69, 9.17) is 19.2 Å². The van der Waals surface area contributed by atoms with Crippen molar-refractivity contribution in [2.45, 2.75) is 133 Å². The number of fused-ring (bicyclic) bond motifs is 1. The first-order chi connectivity index (χ1) is 38.9. The number of carbonyl (C=O) groups excluding carboxylic acids is 1. The minimum absolute atomic E-state index is 0.00823. The van der Waals surface area contributed by atoms with Gasteiger partial charge in [0.15, 0.2) is 5.75 Å². The van der Waals surface area contributed by atoms with Gasteiger partial charge in [0, 0.05) is 93.5 Å². The van der Waals surface area contributed by atoms with Gasteiger partial charge < -0.3 is 34.5 Å². The Morgan fingerprint density at radius 2 is 1.72 bits per heavy atom. The van der Waals surface area contributed by atoms with Crippen LogP contribution >= 0.6 is 0 Å². The molecule has 6 heterocycles. The average Bonchev–Trinajstić information content (AvgIpc) is 4.30. The number of piperidine rings is 1. The van der Waals surface area contributed by atoms with Crippen molar-refractivity contribution in [3.05, 3.63) is 123 Å². The largest absolute Gasteiger partial charge is 0.481 e. The number of ether oxygens (including phenoxy) is 3. The first-order valence-corrected chi connectivity index (χ1v) is 30.0. The third-order valence-electron chi connectivity index (χ3n) is 17.6. The number of amides is 1. The number of methoxy groups -OCH3 is 1. The lowest BCUT2D eigenvalue weighted by molar-refractivity contribution is -0.384. The summed E-state index contributed by atoms with van der Waals surface area (Å²) in [6, 6.07) is 21.1. The molecule has 1 unspecified atom stereocenters. The number of hydrogen-bond donors (Lipinski definition) is 4. The number of rotatable bonds is 19. The summed E-state index contributed by atoms with van der Waals surface area (Å²) < 4.78 is 63.1. The van der Waals surface area contributed by atoms with Crippen molar-refractivity contribution in [3.63, 3.8) is 0 Å². The number of nitrogens with one attached hydrogen (secondary N) is 3. The van der Waals surface area contributed by atoms with Gasteiger partial charge in [0.2, 0.25) is 11.7 Å². The predicted molar refractivity (Wildman–Crippen MR) is 305 cm³/mol. The average molecular weight is 1130 g/mol. The summed E-state index contributed by atoms with van der Waals surface area (Å²) in [5.41, 5.74) is 4.60. The molecule has 2 aromatic carbocycles. The van der Waals surface area contributed by atoms with Crippen molar-refractivity contribution in [3.8, 4) is 23.3 Å². The van der Waals surface area contributed by atoms with Crippen molar-refractivity contribution >= 4 is 44.2 Å². The van der Waals surface area contributed by atoms with Crippen molar-refractivity contribution in [2.24, 2.45) is 11.3 Å². The molecule has 3 aliphatic carbocycles. The number of aliphatic hydroxyl groups is 1. The van der Waals surface area contributed by atoms with Crippen LogP contribution in [0.5, 0.6) is 23.3 Å². The molecule has 6 aromatic rings. The van der Waals surface area contributed by atoms with E-state index in [-0.39, 0.29) is 63.8 Å². The third kappa shape index (κ3) is 12.0. The number of aromatic nitrogens is 4. The van der Waals surface area contributed by atoms with Crippen molar-refractivity contribution < 1.29 is 41.8 Å². The molecule has 0 bridgehead atoms. The van der Waals surface area contributed by atoms with Crippen LogP contribution in [0.25, 0.3) is 11.0 Å². The van der Waals surface area contributed by atoms with Gasteiger partial charge in [0.25, 0.3) is 21.8 Å². The van der Waals surface area contributed by atoms with E-state index in [9.17, 15) is 28.4 Å². The van der Waals surface area contributed by atoms with Gasteiger partial charge >= 0.3 is 5.69 Å². The molecule has 19 nitrogen and oxygen atoms in total. The highest BCUT2D eigenvalue weighted by molar-refractivity contribution is 7.90. The molecule has 1 atom stereocenters. The Labute approximate surface area is 472 Å². The van der Waals surface area contributed by atoms with Gasteiger partial charge in [-0.05, 0) is 131 Å². The van der Waals surface area contributed by atoms with Crippen LogP contribution < -0.4 is 29.1 Å². The molecule has 21 heteroatoms. The maximum Gasteiger partial charge on any atom is 0.312 e. The number of halogens is 1. The summed E-state index contributed by atoms with van der Waals surface area (Å²) >= 11 is 0. The van der Waals surface area contributed by atoms with Crippen molar-refractivity contribution in [1.29, 1.82) is 0 Å². The van der Waals surface area contributed by atoms with Gasteiger partial charge in [0.1, 0.15) is 22.1 Å². The third-order valence-corrected chi connectivity index (χ3v) is 18.9. The van der Waals surface area contributed by atoms with E-state index in [1.54, 1.807) is 33.1 Å². The molecular formula is C60H73FN10O9S. The zero-order valence-corrected chi connectivity index (χ0v) is 47.6. The van der Waals surface area contributed by atoms with Gasteiger partial charge in [-0.25, -0.2) is 27.5 Å². The Morgan fingerprint density at radius 1 is 0.951 bits per heavy atom. The molecule has 81 heavy (non-hydrogen) atoms. The zero-order chi connectivity index (χ0) is 56.8. The van der Waals surface area contributed by atoms with Crippen LogP contribution in [-0.2, 0) is 16.6 Å². The molecule has 4 aromatic heterocycles. The number of pyridine rings is 3. The second-order valence-electron chi connectivity index (χ2n) is 23.6. The summed E-state index contributed by atoms with van der Waals surface area (Å²) in [4.78, 5) is 49.1. The smallest absolute Gasteiger partial charge is 0.312 e. The van der Waals surface area contributed by atoms with Crippen LogP contribution in [0.3, 0.4) is 0 Å². The van der Waals surface area contributed by atoms with Crippen LogP contribution in [0.1, 0.15) is 143 Å². The van der Waals surface area contributed by atoms with Crippen molar-refractivity contribution in [2.75, 3.05) is 63.2 Å². The van der Waals surface area contributed by atoms with Gasteiger partial charge in [-0.1, -0.05) is 44.2 Å². The van der Waals surface area contributed by atoms with Crippen LogP contribution in [-0.4, -0.2) is 119 Å². The summed E-state index contributed by atoms with van der Waals surface area (Å²) in [5, 5.41) is 25.8. The molecule has 5 aliphatic rings. The summed E-state index contributed by atoms with van der Waals surface area (Å²) in [5.74, 6) is -0.000230. The Kier molecular flexibility index (Phi) is 15.7. The van der Waals surface area contributed by atoms with Gasteiger partial charge in [-0.2, -0.15) is 4.98 Å². The fraction of sp³-hybridized carbons (Fsp3) is 0.500. The first kappa shape index (κ1) is 55.9. The highest BCUT2D eigenvalue weighted by atomic mass is 32.2. The molecule has 2 saturated heterocycles. The molecule has 0 radical (unpaired) electrons. The molecule has 5 fully saturated rings. The molecule has 4 N–H and O–H groups in total. The lowest BCUT2D eigenvalue weighted by Gasteiger charge is -2.58. The Morgan fingerprint density at radius 3 is 2.43 bits per heavy atom. The fourth-order valence-electron chi connectivity index (χ4n) is 12.8. The zero-order valence-electron chi connectivity index (χ0n) is 46.8. The van der Waals surface area contributed by atoms with Gasteiger partial charge in [-0.3, -0.25) is 24.7 Å². The highest BCUT2D eigenvalue weighted by Gasteiger charge is 2.50. The number of aromatic amines is 1. The van der Waals surface area contributed by atoms with E-state index in [0.717, 1.165) is 101 Å². The lowest BCUT2D eigenvalue weighted by Crippen LogP contribution is -2.60. The fourth-order valence-corrected chi connectivity index (χ4v) is 13.7. The Balaban J connectivity index is 0.804. The van der Waals surface area contributed by atoms with E-state index < -0.39 is 42.9 Å². The normalized spacial score (nSPS) is 21.7. The standard InChI is InChI=1S/C60H73FN10O9S/c1-6-79-58-53(29-48-49(61)34-64-54(48)66-58)80-52-27-41(14-16-47(52)56(72)67-81(76,77)43-28-50(71(74)75)55(63-33-43)62-32-38-17-19-59(4,73)20-18-38)69-23-21-60(22-24-69)30-42(31-60)70-26-25-68(36-51(70)46-10-8-7-9-44(46)37(2)3)35-40-13-15-45(39-11-12-39)57(65-40)78-5/h7-10,13-16,27-29,33-34,37-39,42,51,73H,6,11-12,17-26,30-32,35-36H2,1-5H3,(H,62,63)(H,64,66)(H,67,72). The number of benzene rings is 2. The maximum absolute atomic E-state index is 15.0. The van der Waals surface area contributed by atoms with E-state index in [1.165, 1.54) is 41.7 Å². The van der Waals surface area contributed by atoms with E-state index in [0.29, 0.717) is 50.1 Å². The minimum Gasteiger partial charge on any atom is -0.481 e. The van der Waals surface area contributed by atoms with Crippen LogP contribution in [0.4, 0.5) is 21.6 Å². The summed E-state index contributed by atoms with van der Waals surface area (Å²) in [7, 11) is -3.03. The van der Waals surface area contributed by atoms with E-state index in [2.05, 4.69) is 89.9 Å². The number of hydrogen-bond acceptors (Lipinski definition) is 16. The SMILES string of the molecule is CCOc1nc2[nH]cc(F)c2cc1Oc1cc(N2CCC3(CC2)CC(N2CCN(Cc4ccc(C5CC5)c(OC)n4)CC2c2ccccc2C(C)C)C3)ccc1C(=O)NS(=O)(=O)c1cnc(NCC2CCC(C)(O)CC2)c([N+](=O)[O-])c1. The molecule has 1 amide bonds. The number of carbonyl (C=O) groups is 1. The molecule has 2 aliphatic heterocycles. The minimum atomic E-state index is -4.75. The second-order valence-corrected chi connectivity index (χ2v) is 25.3. The monoisotopic (exact) mass is 1130 g/mol. The first-order valence-electron chi connectivity index (χ1n) is 28.5. The predicted octanol–water partition coefficient (Wildman–Crippen LogP) is 10.4.